The third kappa shape index (κ3) is 1.97. The highest BCUT2D eigenvalue weighted by Gasteiger charge is 2.43. The Morgan fingerprint density at radius 3 is 2.88 bits per heavy atom. The van der Waals surface area contributed by atoms with E-state index in [-0.39, 0.29) is 11.3 Å². The molecule has 1 fully saturated rings. The molecule has 1 aromatic rings. The SMILES string of the molecule is NCC1(C(=O)Nc2ncccc2Br)CCC1. The number of hydrogen-bond acceptors (Lipinski definition) is 3. The van der Waals surface area contributed by atoms with Gasteiger partial charge in [-0.05, 0) is 40.9 Å². The second kappa shape index (κ2) is 4.51. The largest absolute Gasteiger partial charge is 0.329 e. The summed E-state index contributed by atoms with van der Waals surface area (Å²) in [6.45, 7) is 0.406. The number of nitrogens with zero attached hydrogens (tertiary/aromatic N) is 1. The van der Waals surface area contributed by atoms with Gasteiger partial charge in [0.1, 0.15) is 5.82 Å². The fourth-order valence-electron chi connectivity index (χ4n) is 1.85. The van der Waals surface area contributed by atoms with Gasteiger partial charge in [0.15, 0.2) is 0 Å². The number of hydrogen-bond donors (Lipinski definition) is 2. The number of nitrogens with one attached hydrogen (secondary N) is 1. The summed E-state index contributed by atoms with van der Waals surface area (Å²) >= 11 is 3.34. The fraction of sp³-hybridized carbons (Fsp3) is 0.455. The first kappa shape index (κ1) is 11.5. The summed E-state index contributed by atoms with van der Waals surface area (Å²) in [5.74, 6) is 0.549. The molecule has 1 heterocycles. The highest BCUT2D eigenvalue weighted by Crippen LogP contribution is 2.41. The van der Waals surface area contributed by atoms with Crippen LogP contribution in [-0.2, 0) is 4.79 Å². The summed E-state index contributed by atoms with van der Waals surface area (Å²) in [5.41, 5.74) is 5.30. The molecule has 0 saturated heterocycles. The molecule has 0 bridgehead atoms. The topological polar surface area (TPSA) is 68.0 Å². The van der Waals surface area contributed by atoms with Crippen molar-refractivity contribution in [1.29, 1.82) is 0 Å². The maximum absolute atomic E-state index is 12.0. The smallest absolute Gasteiger partial charge is 0.233 e. The molecule has 2 rings (SSSR count). The molecule has 1 aliphatic carbocycles. The average Bonchev–Trinajstić information content (AvgIpc) is 2.21. The van der Waals surface area contributed by atoms with Crippen molar-refractivity contribution < 1.29 is 4.79 Å². The van der Waals surface area contributed by atoms with Gasteiger partial charge in [-0.25, -0.2) is 4.98 Å². The molecule has 1 aliphatic rings. The molecule has 0 atom stereocenters. The number of amides is 1. The summed E-state index contributed by atoms with van der Waals surface area (Å²) < 4.78 is 0.787. The Bertz CT molecular complexity index is 398. The van der Waals surface area contributed by atoms with E-state index in [1.807, 2.05) is 12.1 Å². The number of carbonyl (C=O) groups is 1. The first-order valence-corrected chi connectivity index (χ1v) is 6.09. The van der Waals surface area contributed by atoms with Crippen LogP contribution in [0.4, 0.5) is 5.82 Å². The molecule has 16 heavy (non-hydrogen) atoms. The molecular formula is C11H14BrN3O. The minimum atomic E-state index is -0.364. The molecule has 0 spiro atoms. The van der Waals surface area contributed by atoms with Crippen molar-refractivity contribution in [3.63, 3.8) is 0 Å². The predicted molar refractivity (Wildman–Crippen MR) is 65.9 cm³/mol. The van der Waals surface area contributed by atoms with E-state index in [0.29, 0.717) is 12.4 Å². The van der Waals surface area contributed by atoms with E-state index in [4.69, 9.17) is 5.73 Å². The van der Waals surface area contributed by atoms with E-state index in [2.05, 4.69) is 26.2 Å². The Kier molecular flexibility index (Phi) is 3.25. The molecular weight excluding hydrogens is 270 g/mol. The second-order valence-electron chi connectivity index (χ2n) is 4.13. The van der Waals surface area contributed by atoms with Gasteiger partial charge in [-0.2, -0.15) is 0 Å². The number of pyridine rings is 1. The normalized spacial score (nSPS) is 17.6. The van der Waals surface area contributed by atoms with Crippen molar-refractivity contribution in [3.8, 4) is 0 Å². The van der Waals surface area contributed by atoms with Gasteiger partial charge in [-0.1, -0.05) is 6.42 Å². The van der Waals surface area contributed by atoms with Crippen molar-refractivity contribution in [2.24, 2.45) is 11.1 Å². The summed E-state index contributed by atoms with van der Waals surface area (Å²) in [6.07, 6.45) is 4.48. The Hall–Kier alpha value is -0.940. The van der Waals surface area contributed by atoms with E-state index < -0.39 is 0 Å². The Labute approximate surface area is 103 Å². The molecule has 1 saturated carbocycles. The summed E-state index contributed by atoms with van der Waals surface area (Å²) in [5, 5.41) is 2.83. The van der Waals surface area contributed by atoms with Crippen LogP contribution in [0.1, 0.15) is 19.3 Å². The number of aromatic nitrogens is 1. The lowest BCUT2D eigenvalue weighted by molar-refractivity contribution is -0.129. The molecule has 0 aliphatic heterocycles. The highest BCUT2D eigenvalue weighted by molar-refractivity contribution is 9.10. The summed E-state index contributed by atoms with van der Waals surface area (Å²) in [7, 11) is 0. The minimum Gasteiger partial charge on any atom is -0.329 e. The zero-order valence-electron chi connectivity index (χ0n) is 8.87. The van der Waals surface area contributed by atoms with Gasteiger partial charge in [-0.15, -0.1) is 0 Å². The van der Waals surface area contributed by atoms with Gasteiger partial charge in [0.2, 0.25) is 5.91 Å². The fourth-order valence-corrected chi connectivity index (χ4v) is 2.20. The average molecular weight is 284 g/mol. The third-order valence-electron chi connectivity index (χ3n) is 3.17. The quantitative estimate of drug-likeness (QED) is 0.891. The van der Waals surface area contributed by atoms with E-state index >= 15 is 0 Å². The number of rotatable bonds is 3. The van der Waals surface area contributed by atoms with Crippen molar-refractivity contribution in [1.82, 2.24) is 4.98 Å². The van der Waals surface area contributed by atoms with Gasteiger partial charge in [0.05, 0.1) is 9.89 Å². The van der Waals surface area contributed by atoms with Crippen LogP contribution in [0.3, 0.4) is 0 Å². The predicted octanol–water partition coefficient (Wildman–Crippen LogP) is 1.91. The number of halogens is 1. The van der Waals surface area contributed by atoms with E-state index in [1.165, 1.54) is 0 Å². The van der Waals surface area contributed by atoms with Crippen LogP contribution in [0.15, 0.2) is 22.8 Å². The Morgan fingerprint density at radius 2 is 2.38 bits per heavy atom. The van der Waals surface area contributed by atoms with Gasteiger partial charge in [0, 0.05) is 12.7 Å². The standard InChI is InChI=1S/C11H14BrN3O/c12-8-3-1-6-14-9(8)15-10(16)11(7-13)4-2-5-11/h1,3,6H,2,4-5,7,13H2,(H,14,15,16). The maximum atomic E-state index is 12.0. The Morgan fingerprint density at radius 1 is 1.62 bits per heavy atom. The van der Waals surface area contributed by atoms with E-state index in [1.54, 1.807) is 6.20 Å². The molecule has 1 amide bonds. The zero-order valence-corrected chi connectivity index (χ0v) is 10.5. The zero-order chi connectivity index (χ0) is 11.6. The molecule has 1 aromatic heterocycles. The van der Waals surface area contributed by atoms with Crippen molar-refractivity contribution in [3.05, 3.63) is 22.8 Å². The van der Waals surface area contributed by atoms with Crippen LogP contribution in [0.25, 0.3) is 0 Å². The number of nitrogens with two attached hydrogens (primary N) is 1. The van der Waals surface area contributed by atoms with Crippen LogP contribution in [-0.4, -0.2) is 17.4 Å². The van der Waals surface area contributed by atoms with Gasteiger partial charge < -0.3 is 11.1 Å². The molecule has 86 valence electrons. The summed E-state index contributed by atoms with van der Waals surface area (Å²) in [4.78, 5) is 16.2. The maximum Gasteiger partial charge on any atom is 0.233 e. The number of carbonyl (C=O) groups excluding carboxylic acids is 1. The third-order valence-corrected chi connectivity index (χ3v) is 3.81. The Balaban J connectivity index is 2.10. The van der Waals surface area contributed by atoms with Crippen molar-refractivity contribution >= 4 is 27.7 Å². The molecule has 0 aromatic carbocycles. The highest BCUT2D eigenvalue weighted by atomic mass is 79.9. The van der Waals surface area contributed by atoms with Crippen molar-refractivity contribution in [2.75, 3.05) is 11.9 Å². The first-order valence-electron chi connectivity index (χ1n) is 5.30. The molecule has 0 unspecified atom stereocenters. The van der Waals surface area contributed by atoms with Crippen molar-refractivity contribution in [2.45, 2.75) is 19.3 Å². The van der Waals surface area contributed by atoms with Crippen LogP contribution in [0, 0.1) is 5.41 Å². The summed E-state index contributed by atoms with van der Waals surface area (Å²) in [6, 6.07) is 3.65. The van der Waals surface area contributed by atoms with E-state index in [9.17, 15) is 4.79 Å². The van der Waals surface area contributed by atoms with E-state index in [0.717, 1.165) is 23.7 Å². The molecule has 5 heteroatoms. The number of anilines is 1. The van der Waals surface area contributed by atoms with Gasteiger partial charge in [-0.3, -0.25) is 4.79 Å². The van der Waals surface area contributed by atoms with Crippen LogP contribution < -0.4 is 11.1 Å². The second-order valence-corrected chi connectivity index (χ2v) is 4.98. The van der Waals surface area contributed by atoms with Gasteiger partial charge in [0.25, 0.3) is 0 Å². The van der Waals surface area contributed by atoms with Crippen LogP contribution >= 0.6 is 15.9 Å². The minimum absolute atomic E-state index is 0.0133. The van der Waals surface area contributed by atoms with Crippen LogP contribution in [0.2, 0.25) is 0 Å². The first-order chi connectivity index (χ1) is 7.68. The molecule has 3 N–H and O–H groups in total. The van der Waals surface area contributed by atoms with Crippen LogP contribution in [0.5, 0.6) is 0 Å². The molecule has 0 radical (unpaired) electrons. The lowest BCUT2D eigenvalue weighted by Crippen LogP contribution is -2.47. The monoisotopic (exact) mass is 283 g/mol. The van der Waals surface area contributed by atoms with Gasteiger partial charge >= 0.3 is 0 Å². The molecule has 4 nitrogen and oxygen atoms in total. The lowest BCUT2D eigenvalue weighted by atomic mass is 9.68. The lowest BCUT2D eigenvalue weighted by Gasteiger charge is -2.38.